The number of aryl methyl sites for hydroxylation is 1. The van der Waals surface area contributed by atoms with Gasteiger partial charge in [0.25, 0.3) is 0 Å². The number of terminal acetylenes is 1. The summed E-state index contributed by atoms with van der Waals surface area (Å²) in [6.45, 7) is 12.2. The number of carbonyl (C=O) groups excluding carboxylic acids is 1. The molecule has 2 heteroatoms. The Labute approximate surface area is 176 Å². The van der Waals surface area contributed by atoms with E-state index in [9.17, 15) is 4.79 Å². The van der Waals surface area contributed by atoms with Gasteiger partial charge in [0.2, 0.25) is 0 Å². The second-order valence-corrected chi connectivity index (χ2v) is 7.26. The molecule has 1 nitrogen and oxygen atoms in total. The Morgan fingerprint density at radius 3 is 2.18 bits per heavy atom. The van der Waals surface area contributed by atoms with E-state index in [-0.39, 0.29) is 12.2 Å². The molecule has 0 saturated heterocycles. The van der Waals surface area contributed by atoms with E-state index in [0.29, 0.717) is 5.92 Å². The van der Waals surface area contributed by atoms with Crippen molar-refractivity contribution in [2.75, 3.05) is 6.26 Å². The summed E-state index contributed by atoms with van der Waals surface area (Å²) in [7, 11) is 0. The molecule has 0 aliphatic rings. The van der Waals surface area contributed by atoms with E-state index in [0.717, 1.165) is 11.1 Å². The average Bonchev–Trinajstić information content (AvgIpc) is 2.72. The maximum absolute atomic E-state index is 11.7. The van der Waals surface area contributed by atoms with Crippen LogP contribution in [0.4, 0.5) is 0 Å². The van der Waals surface area contributed by atoms with E-state index in [2.05, 4.69) is 63.3 Å². The summed E-state index contributed by atoms with van der Waals surface area (Å²) in [5.41, 5.74) is 4.33. The van der Waals surface area contributed by atoms with Gasteiger partial charge >= 0.3 is 0 Å². The third-order valence-electron chi connectivity index (χ3n) is 4.02. The normalized spacial score (nSPS) is 10.2. The maximum atomic E-state index is 11.7. The van der Waals surface area contributed by atoms with Crippen LogP contribution < -0.4 is 0 Å². The Morgan fingerprint density at radius 1 is 1.11 bits per heavy atom. The lowest BCUT2D eigenvalue weighted by molar-refractivity contribution is -0.114. The van der Waals surface area contributed by atoms with Gasteiger partial charge in [0.05, 0.1) is 6.42 Å². The molecule has 0 N–H and O–H groups in total. The van der Waals surface area contributed by atoms with Gasteiger partial charge in [0.1, 0.15) is 0 Å². The van der Waals surface area contributed by atoms with E-state index in [1.54, 1.807) is 11.8 Å². The summed E-state index contributed by atoms with van der Waals surface area (Å²) in [6.07, 6.45) is 9.38. The lowest BCUT2D eigenvalue weighted by Gasteiger charge is -2.13. The fourth-order valence-corrected chi connectivity index (χ4v) is 2.92. The zero-order valence-corrected chi connectivity index (χ0v) is 19.2. The highest BCUT2D eigenvalue weighted by Gasteiger charge is 2.09. The molecule has 0 aromatic heterocycles. The van der Waals surface area contributed by atoms with Crippen molar-refractivity contribution in [3.63, 3.8) is 0 Å². The third-order valence-corrected chi connectivity index (χ3v) is 4.77. The van der Waals surface area contributed by atoms with Crippen LogP contribution >= 0.6 is 11.8 Å². The lowest BCUT2D eigenvalue weighted by Crippen LogP contribution is -2.00. The van der Waals surface area contributed by atoms with Gasteiger partial charge in [-0.2, -0.15) is 0 Å². The number of thioether (sulfide) groups is 1. The number of rotatable bonds is 5. The van der Waals surface area contributed by atoms with Gasteiger partial charge in [-0.1, -0.05) is 70.0 Å². The first kappa shape index (κ1) is 25.8. The van der Waals surface area contributed by atoms with Crippen LogP contribution in [0.25, 0.3) is 6.08 Å². The Hall–Kier alpha value is -2.24. The summed E-state index contributed by atoms with van der Waals surface area (Å²) in [6, 6.07) is 16.6. The molecule has 0 amide bonds. The molecule has 2 rings (SSSR count). The van der Waals surface area contributed by atoms with Crippen LogP contribution in [0.3, 0.4) is 0 Å². The molecular formula is C26H34OS. The van der Waals surface area contributed by atoms with E-state index >= 15 is 0 Å². The summed E-state index contributed by atoms with van der Waals surface area (Å²) in [4.78, 5) is 13.1. The molecule has 0 unspecified atom stereocenters. The van der Waals surface area contributed by atoms with E-state index in [1.165, 1.54) is 16.0 Å². The van der Waals surface area contributed by atoms with Crippen LogP contribution in [-0.4, -0.2) is 12.0 Å². The summed E-state index contributed by atoms with van der Waals surface area (Å²) >= 11 is 1.77. The van der Waals surface area contributed by atoms with Gasteiger partial charge in [0.15, 0.2) is 5.78 Å². The predicted molar refractivity (Wildman–Crippen MR) is 127 cm³/mol. The minimum absolute atomic E-state index is 0.0236. The van der Waals surface area contributed by atoms with Crippen LogP contribution in [0.5, 0.6) is 0 Å². The first-order valence-electron chi connectivity index (χ1n) is 9.74. The molecule has 0 aliphatic heterocycles. The molecule has 2 aromatic carbocycles. The second kappa shape index (κ2) is 14.8. The van der Waals surface area contributed by atoms with Crippen LogP contribution in [0.1, 0.15) is 63.6 Å². The minimum atomic E-state index is 0.0236. The average molecular weight is 395 g/mol. The molecule has 150 valence electrons. The Kier molecular flexibility index (Phi) is 13.6. The first-order valence-corrected chi connectivity index (χ1v) is 11.0. The first-order chi connectivity index (χ1) is 13.4. The standard InChI is InChI=1S/C17H20O.C7H8S.C2H6/c1-6-8-17(18)14(5)11-16-13(4)9-7-10-15(16)12(2)3;1-8-7-5-3-2-4-6-7;1-2/h1,7,9-12H,8H2,2-5H3;2-6H,1H3;1-2H3/b14-11+;;. The van der Waals surface area contributed by atoms with E-state index in [4.69, 9.17) is 6.42 Å². The molecule has 0 saturated carbocycles. The van der Waals surface area contributed by atoms with Crippen LogP contribution in [-0.2, 0) is 4.79 Å². The van der Waals surface area contributed by atoms with Crippen LogP contribution in [0, 0.1) is 19.3 Å². The minimum Gasteiger partial charge on any atom is -0.293 e. The quantitative estimate of drug-likeness (QED) is 0.296. The monoisotopic (exact) mass is 394 g/mol. The molecular weight excluding hydrogens is 360 g/mol. The molecule has 0 aliphatic carbocycles. The highest BCUT2D eigenvalue weighted by atomic mass is 32.2. The van der Waals surface area contributed by atoms with Crippen molar-refractivity contribution in [1.29, 1.82) is 0 Å². The van der Waals surface area contributed by atoms with Crippen LogP contribution in [0.2, 0.25) is 0 Å². The smallest absolute Gasteiger partial charge is 0.170 e. The number of allylic oxidation sites excluding steroid dienone is 1. The molecule has 0 radical (unpaired) electrons. The molecule has 0 fully saturated rings. The molecule has 2 aromatic rings. The zero-order chi connectivity index (χ0) is 21.5. The van der Waals surface area contributed by atoms with Crippen molar-refractivity contribution in [2.45, 2.75) is 58.8 Å². The van der Waals surface area contributed by atoms with Crippen molar-refractivity contribution >= 4 is 23.6 Å². The highest BCUT2D eigenvalue weighted by molar-refractivity contribution is 7.98. The van der Waals surface area contributed by atoms with Gasteiger partial charge in [-0.05, 0) is 66.5 Å². The van der Waals surface area contributed by atoms with Crippen molar-refractivity contribution in [3.8, 4) is 12.3 Å². The molecule has 0 heterocycles. The highest BCUT2D eigenvalue weighted by Crippen LogP contribution is 2.25. The van der Waals surface area contributed by atoms with Crippen LogP contribution in [0.15, 0.2) is 59.0 Å². The Morgan fingerprint density at radius 2 is 1.71 bits per heavy atom. The van der Waals surface area contributed by atoms with Gasteiger partial charge in [0, 0.05) is 4.90 Å². The number of Topliss-reactive ketones (excluding diaryl/α,β-unsaturated/α-hetero) is 1. The maximum Gasteiger partial charge on any atom is 0.170 e. The SMILES string of the molecule is C#CCC(=O)/C(C)=C/c1c(C)cccc1C(C)C.CC.CSc1ccccc1. The van der Waals surface area contributed by atoms with Crippen molar-refractivity contribution < 1.29 is 4.79 Å². The number of carbonyl (C=O) groups is 1. The summed E-state index contributed by atoms with van der Waals surface area (Å²) in [5.74, 6) is 2.86. The molecule has 0 bridgehead atoms. The fraction of sp³-hybridized carbons (Fsp3) is 0.346. The molecule has 28 heavy (non-hydrogen) atoms. The number of ketones is 1. The summed E-state index contributed by atoms with van der Waals surface area (Å²) < 4.78 is 0. The van der Waals surface area contributed by atoms with E-state index < -0.39 is 0 Å². The van der Waals surface area contributed by atoms with Crippen molar-refractivity contribution in [1.82, 2.24) is 0 Å². The topological polar surface area (TPSA) is 17.1 Å². The zero-order valence-electron chi connectivity index (χ0n) is 18.4. The second-order valence-electron chi connectivity index (χ2n) is 6.38. The number of hydrogen-bond donors (Lipinski definition) is 0. The van der Waals surface area contributed by atoms with Gasteiger partial charge < -0.3 is 0 Å². The lowest BCUT2D eigenvalue weighted by atomic mass is 9.92. The van der Waals surface area contributed by atoms with Gasteiger partial charge in [-0.15, -0.1) is 18.2 Å². The predicted octanol–water partition coefficient (Wildman–Crippen LogP) is 7.55. The Bertz CT molecular complexity index is 780. The molecule has 0 spiro atoms. The largest absolute Gasteiger partial charge is 0.293 e. The number of hydrogen-bond acceptors (Lipinski definition) is 2. The number of benzene rings is 2. The van der Waals surface area contributed by atoms with E-state index in [1.807, 2.05) is 45.0 Å². The fourth-order valence-electron chi connectivity index (χ4n) is 2.49. The summed E-state index contributed by atoms with van der Waals surface area (Å²) in [5, 5.41) is 0. The van der Waals surface area contributed by atoms with Gasteiger partial charge in [-0.3, -0.25) is 4.79 Å². The van der Waals surface area contributed by atoms with Crippen molar-refractivity contribution in [3.05, 3.63) is 70.8 Å². The van der Waals surface area contributed by atoms with Gasteiger partial charge in [-0.25, -0.2) is 0 Å². The van der Waals surface area contributed by atoms with Crippen molar-refractivity contribution in [2.24, 2.45) is 0 Å². The third kappa shape index (κ3) is 9.11. The molecule has 0 atom stereocenters. The Balaban J connectivity index is 0.000000604.